The van der Waals surface area contributed by atoms with Gasteiger partial charge in [0.05, 0.1) is 12.2 Å². The fraction of sp³-hybridized carbons (Fsp3) is 0.176. The third-order valence-electron chi connectivity index (χ3n) is 3.45. The predicted molar refractivity (Wildman–Crippen MR) is 92.5 cm³/mol. The highest BCUT2D eigenvalue weighted by molar-refractivity contribution is 6.30. The number of halogens is 1. The number of nitrogens with one attached hydrogen (secondary N) is 1. The number of amides is 1. The largest absolute Gasteiger partial charge is 0.481 e. The summed E-state index contributed by atoms with van der Waals surface area (Å²) >= 11 is 5.89. The van der Waals surface area contributed by atoms with E-state index < -0.39 is 6.10 Å². The summed E-state index contributed by atoms with van der Waals surface area (Å²) in [7, 11) is 0. The predicted octanol–water partition coefficient (Wildman–Crippen LogP) is 2.40. The molecule has 0 aliphatic carbocycles. The normalized spacial score (nSPS) is 11.8. The highest BCUT2D eigenvalue weighted by Crippen LogP contribution is 2.14. The van der Waals surface area contributed by atoms with Crippen LogP contribution in [0.2, 0.25) is 5.02 Å². The molecule has 1 heterocycles. The Morgan fingerprint density at radius 3 is 2.64 bits per heavy atom. The Kier molecular flexibility index (Phi) is 5.25. The zero-order valence-corrected chi connectivity index (χ0v) is 14.2. The second kappa shape index (κ2) is 7.76. The fourth-order valence-electron chi connectivity index (χ4n) is 2.17. The van der Waals surface area contributed by atoms with E-state index in [0.717, 1.165) is 5.69 Å². The van der Waals surface area contributed by atoms with Gasteiger partial charge < -0.3 is 10.1 Å². The van der Waals surface area contributed by atoms with Crippen molar-refractivity contribution >= 4 is 17.5 Å². The summed E-state index contributed by atoms with van der Waals surface area (Å²) in [6, 6.07) is 16.3. The van der Waals surface area contributed by atoms with E-state index >= 15 is 0 Å². The fourth-order valence-corrected chi connectivity index (χ4v) is 2.29. The van der Waals surface area contributed by atoms with Crippen LogP contribution in [0.1, 0.15) is 12.7 Å². The van der Waals surface area contributed by atoms with Gasteiger partial charge in [-0.05, 0) is 53.7 Å². The molecule has 25 heavy (non-hydrogen) atoms. The smallest absolute Gasteiger partial charge is 0.261 e. The maximum absolute atomic E-state index is 12.2. The summed E-state index contributed by atoms with van der Waals surface area (Å²) in [5.41, 5.74) is 0.757. The molecule has 0 bridgehead atoms. The van der Waals surface area contributed by atoms with Crippen LogP contribution in [0.5, 0.6) is 5.75 Å². The summed E-state index contributed by atoms with van der Waals surface area (Å²) in [4.78, 5) is 12.2. The van der Waals surface area contributed by atoms with E-state index in [0.29, 0.717) is 16.6 Å². The Labute approximate surface area is 149 Å². The molecule has 7 nitrogen and oxygen atoms in total. The van der Waals surface area contributed by atoms with Gasteiger partial charge in [-0.15, -0.1) is 5.10 Å². The van der Waals surface area contributed by atoms with Crippen LogP contribution in [0.3, 0.4) is 0 Å². The first kappa shape index (κ1) is 16.9. The SMILES string of the molecule is C[C@H](Oc1ccccc1)C(=O)NCc1nnnn1-c1ccc(Cl)cc1. The van der Waals surface area contributed by atoms with Crippen molar-refractivity contribution in [3.8, 4) is 11.4 Å². The lowest BCUT2D eigenvalue weighted by Gasteiger charge is -2.14. The van der Waals surface area contributed by atoms with Crippen LogP contribution in [-0.2, 0) is 11.3 Å². The lowest BCUT2D eigenvalue weighted by molar-refractivity contribution is -0.127. The second-order valence-electron chi connectivity index (χ2n) is 5.27. The standard InChI is InChI=1S/C17H16ClN5O2/c1-12(25-15-5-3-2-4-6-15)17(24)19-11-16-20-21-22-23(16)14-9-7-13(18)8-10-14/h2-10,12H,11H2,1H3,(H,19,24)/t12-/m0/s1. The molecular formula is C17H16ClN5O2. The monoisotopic (exact) mass is 357 g/mol. The molecule has 1 aromatic heterocycles. The minimum atomic E-state index is -0.637. The zero-order chi connectivity index (χ0) is 17.6. The summed E-state index contributed by atoms with van der Waals surface area (Å²) in [6.45, 7) is 1.86. The topological polar surface area (TPSA) is 81.9 Å². The number of para-hydroxylation sites is 1. The molecule has 1 N–H and O–H groups in total. The van der Waals surface area contributed by atoms with Crippen LogP contribution in [0, 0.1) is 0 Å². The molecule has 1 amide bonds. The number of carbonyl (C=O) groups is 1. The van der Waals surface area contributed by atoms with E-state index in [2.05, 4.69) is 20.8 Å². The van der Waals surface area contributed by atoms with Gasteiger partial charge in [-0.25, -0.2) is 0 Å². The summed E-state index contributed by atoms with van der Waals surface area (Å²) < 4.78 is 7.13. The number of carbonyl (C=O) groups excluding carboxylic acids is 1. The Balaban J connectivity index is 1.61. The average Bonchev–Trinajstić information content (AvgIpc) is 3.09. The van der Waals surface area contributed by atoms with Gasteiger partial charge in [0.25, 0.3) is 5.91 Å². The van der Waals surface area contributed by atoms with Crippen molar-refractivity contribution in [3.63, 3.8) is 0 Å². The van der Waals surface area contributed by atoms with E-state index in [1.54, 1.807) is 48.0 Å². The average molecular weight is 358 g/mol. The van der Waals surface area contributed by atoms with Crippen LogP contribution in [-0.4, -0.2) is 32.2 Å². The Bertz CT molecular complexity index is 836. The Morgan fingerprint density at radius 2 is 1.92 bits per heavy atom. The molecule has 0 radical (unpaired) electrons. The van der Waals surface area contributed by atoms with Crippen LogP contribution in [0.25, 0.3) is 5.69 Å². The lowest BCUT2D eigenvalue weighted by atomic mass is 10.3. The molecule has 0 spiro atoms. The number of ether oxygens (including phenoxy) is 1. The molecule has 0 fully saturated rings. The van der Waals surface area contributed by atoms with Gasteiger partial charge in [-0.3, -0.25) is 4.79 Å². The minimum Gasteiger partial charge on any atom is -0.481 e. The van der Waals surface area contributed by atoms with E-state index in [1.807, 2.05) is 18.2 Å². The second-order valence-corrected chi connectivity index (χ2v) is 5.71. The molecule has 8 heteroatoms. The van der Waals surface area contributed by atoms with Crippen LogP contribution in [0.15, 0.2) is 54.6 Å². The van der Waals surface area contributed by atoms with Crippen molar-refractivity contribution in [3.05, 3.63) is 65.4 Å². The van der Waals surface area contributed by atoms with E-state index in [1.165, 1.54) is 0 Å². The number of hydrogen-bond donors (Lipinski definition) is 1. The first-order valence-electron chi connectivity index (χ1n) is 7.66. The first-order valence-corrected chi connectivity index (χ1v) is 8.04. The highest BCUT2D eigenvalue weighted by Gasteiger charge is 2.16. The summed E-state index contributed by atoms with van der Waals surface area (Å²) in [5, 5.41) is 14.9. The highest BCUT2D eigenvalue weighted by atomic mass is 35.5. The van der Waals surface area contributed by atoms with Crippen LogP contribution < -0.4 is 10.1 Å². The van der Waals surface area contributed by atoms with Crippen molar-refractivity contribution in [1.29, 1.82) is 0 Å². The van der Waals surface area contributed by atoms with Gasteiger partial charge in [0.1, 0.15) is 5.75 Å². The lowest BCUT2D eigenvalue weighted by Crippen LogP contribution is -2.36. The van der Waals surface area contributed by atoms with Gasteiger partial charge in [-0.1, -0.05) is 29.8 Å². The number of nitrogens with zero attached hydrogens (tertiary/aromatic N) is 4. The number of benzene rings is 2. The zero-order valence-electron chi connectivity index (χ0n) is 13.5. The number of aromatic nitrogens is 4. The van der Waals surface area contributed by atoms with Crippen molar-refractivity contribution in [2.75, 3.05) is 0 Å². The number of rotatable bonds is 6. The van der Waals surface area contributed by atoms with Crippen LogP contribution >= 0.6 is 11.6 Å². The van der Waals surface area contributed by atoms with Crippen molar-refractivity contribution in [1.82, 2.24) is 25.5 Å². The van der Waals surface area contributed by atoms with Gasteiger partial charge in [0, 0.05) is 5.02 Å². The maximum atomic E-state index is 12.2. The van der Waals surface area contributed by atoms with E-state index in [9.17, 15) is 4.79 Å². The molecule has 0 aliphatic heterocycles. The minimum absolute atomic E-state index is 0.178. The summed E-state index contributed by atoms with van der Waals surface area (Å²) in [5.74, 6) is 0.883. The Hall–Kier alpha value is -2.93. The molecule has 128 valence electrons. The Morgan fingerprint density at radius 1 is 1.20 bits per heavy atom. The first-order chi connectivity index (χ1) is 12.1. The summed E-state index contributed by atoms with van der Waals surface area (Å²) in [6.07, 6.45) is -0.637. The number of tetrazole rings is 1. The van der Waals surface area contributed by atoms with Crippen molar-refractivity contribution < 1.29 is 9.53 Å². The molecule has 0 aliphatic rings. The molecule has 2 aromatic carbocycles. The molecule has 3 aromatic rings. The van der Waals surface area contributed by atoms with Gasteiger partial charge in [-0.2, -0.15) is 4.68 Å². The molecule has 1 atom stereocenters. The maximum Gasteiger partial charge on any atom is 0.261 e. The number of hydrogen-bond acceptors (Lipinski definition) is 5. The van der Waals surface area contributed by atoms with E-state index in [4.69, 9.17) is 16.3 Å². The van der Waals surface area contributed by atoms with Gasteiger partial charge in [0.2, 0.25) is 0 Å². The molecular weight excluding hydrogens is 342 g/mol. The van der Waals surface area contributed by atoms with Gasteiger partial charge in [0.15, 0.2) is 11.9 Å². The van der Waals surface area contributed by atoms with Crippen molar-refractivity contribution in [2.45, 2.75) is 19.6 Å². The van der Waals surface area contributed by atoms with E-state index in [-0.39, 0.29) is 12.5 Å². The van der Waals surface area contributed by atoms with Crippen LogP contribution in [0.4, 0.5) is 0 Å². The quantitative estimate of drug-likeness (QED) is 0.732. The molecule has 0 saturated heterocycles. The molecule has 0 saturated carbocycles. The third-order valence-corrected chi connectivity index (χ3v) is 3.70. The van der Waals surface area contributed by atoms with Gasteiger partial charge >= 0.3 is 0 Å². The molecule has 0 unspecified atom stereocenters. The molecule has 3 rings (SSSR count). The van der Waals surface area contributed by atoms with Crippen molar-refractivity contribution in [2.24, 2.45) is 0 Å². The third kappa shape index (κ3) is 4.33.